The second-order valence-electron chi connectivity index (χ2n) is 5.54. The van der Waals surface area contributed by atoms with Crippen molar-refractivity contribution < 1.29 is 22.8 Å². The van der Waals surface area contributed by atoms with Gasteiger partial charge in [-0.05, 0) is 41.1 Å². The van der Waals surface area contributed by atoms with Crippen LogP contribution in [0.1, 0.15) is 15.9 Å². The van der Waals surface area contributed by atoms with Crippen LogP contribution >= 0.6 is 0 Å². The number of fused-ring (bicyclic) bond motifs is 1. The number of halogens is 2. The SMILES string of the molecule is COc1ccc(C(=O)/C=C(\OB(F)F)c2ccc3ccccc3c2)cc1. The Labute approximate surface area is 150 Å². The van der Waals surface area contributed by atoms with Gasteiger partial charge < -0.3 is 9.39 Å². The number of hydrogen-bond donors (Lipinski definition) is 0. The molecule has 0 fully saturated rings. The lowest BCUT2D eigenvalue weighted by Gasteiger charge is -2.10. The van der Waals surface area contributed by atoms with Gasteiger partial charge in [0.1, 0.15) is 11.5 Å². The van der Waals surface area contributed by atoms with E-state index in [1.807, 2.05) is 24.3 Å². The molecule has 0 bridgehead atoms. The normalized spacial score (nSPS) is 11.3. The molecule has 0 heterocycles. The maximum absolute atomic E-state index is 12.8. The minimum Gasteiger partial charge on any atom is -0.505 e. The molecule has 130 valence electrons. The fourth-order valence-corrected chi connectivity index (χ4v) is 2.58. The molecule has 0 unspecified atom stereocenters. The second kappa shape index (κ2) is 7.82. The molecule has 0 saturated carbocycles. The molecular weight excluding hydrogens is 337 g/mol. The molecule has 26 heavy (non-hydrogen) atoms. The lowest BCUT2D eigenvalue weighted by molar-refractivity contribution is 0.104. The highest BCUT2D eigenvalue weighted by atomic mass is 19.2. The summed E-state index contributed by atoms with van der Waals surface area (Å²) >= 11 is 0. The summed E-state index contributed by atoms with van der Waals surface area (Å²) in [5, 5.41) is 1.83. The average molecular weight is 352 g/mol. The van der Waals surface area contributed by atoms with Crippen LogP contribution in [0.3, 0.4) is 0 Å². The van der Waals surface area contributed by atoms with E-state index in [4.69, 9.17) is 4.74 Å². The van der Waals surface area contributed by atoms with Crippen molar-refractivity contribution >= 4 is 29.8 Å². The summed E-state index contributed by atoms with van der Waals surface area (Å²) in [6.45, 7) is 0. The predicted octanol–water partition coefficient (Wildman–Crippen LogP) is 5.01. The van der Waals surface area contributed by atoms with Crippen LogP contribution in [0.2, 0.25) is 0 Å². The zero-order chi connectivity index (χ0) is 18.5. The summed E-state index contributed by atoms with van der Waals surface area (Å²) in [5.74, 6) is -0.00727. The first-order valence-electron chi connectivity index (χ1n) is 7.91. The average Bonchev–Trinajstić information content (AvgIpc) is 2.66. The molecule has 0 radical (unpaired) electrons. The molecule has 0 saturated heterocycles. The van der Waals surface area contributed by atoms with E-state index in [1.165, 1.54) is 7.11 Å². The molecule has 3 nitrogen and oxygen atoms in total. The molecule has 0 amide bonds. The predicted molar refractivity (Wildman–Crippen MR) is 98.3 cm³/mol. The third-order valence-electron chi connectivity index (χ3n) is 3.89. The van der Waals surface area contributed by atoms with E-state index in [0.29, 0.717) is 16.9 Å². The van der Waals surface area contributed by atoms with E-state index < -0.39 is 13.3 Å². The fourth-order valence-electron chi connectivity index (χ4n) is 2.58. The lowest BCUT2D eigenvalue weighted by Crippen LogP contribution is -2.06. The summed E-state index contributed by atoms with van der Waals surface area (Å²) in [7, 11) is -1.51. The molecule has 0 aliphatic carbocycles. The number of allylic oxidation sites excluding steroid dienone is 1. The molecule has 3 aromatic rings. The van der Waals surface area contributed by atoms with Gasteiger partial charge in [-0.1, -0.05) is 36.4 Å². The highest BCUT2D eigenvalue weighted by Gasteiger charge is 2.21. The number of ether oxygens (including phenoxy) is 1. The Kier molecular flexibility index (Phi) is 5.32. The van der Waals surface area contributed by atoms with Crippen molar-refractivity contribution in [3.63, 3.8) is 0 Å². The van der Waals surface area contributed by atoms with Crippen LogP contribution < -0.4 is 4.74 Å². The van der Waals surface area contributed by atoms with Crippen molar-refractivity contribution in [1.29, 1.82) is 0 Å². The van der Waals surface area contributed by atoms with Gasteiger partial charge in [-0.3, -0.25) is 4.79 Å². The van der Waals surface area contributed by atoms with Crippen LogP contribution in [-0.4, -0.2) is 20.4 Å². The molecule has 0 aliphatic rings. The maximum atomic E-state index is 12.8. The number of rotatable bonds is 6. The fraction of sp³-hybridized carbons (Fsp3) is 0.0500. The standard InChI is InChI=1S/C20H15BF2O3/c1-25-18-10-8-15(9-11-18)19(24)13-20(26-21(22)23)17-7-6-14-4-2-3-5-16(14)12-17/h2-13H,1H3/b20-13-. The van der Waals surface area contributed by atoms with E-state index >= 15 is 0 Å². The summed E-state index contributed by atoms with van der Waals surface area (Å²) in [6, 6.07) is 19.1. The number of carbonyl (C=O) groups excluding carboxylic acids is 1. The highest BCUT2D eigenvalue weighted by Crippen LogP contribution is 2.24. The van der Waals surface area contributed by atoms with Crippen LogP contribution in [0.5, 0.6) is 5.75 Å². The number of hydrogen-bond acceptors (Lipinski definition) is 3. The Bertz CT molecular complexity index is 953. The molecule has 6 heteroatoms. The van der Waals surface area contributed by atoms with E-state index in [0.717, 1.165) is 16.8 Å². The van der Waals surface area contributed by atoms with Gasteiger partial charge >= 0.3 is 7.47 Å². The van der Waals surface area contributed by atoms with Gasteiger partial charge in [0, 0.05) is 17.2 Å². The summed E-state index contributed by atoms with van der Waals surface area (Å²) < 4.78 is 35.3. The molecule has 3 rings (SSSR count). The second-order valence-corrected chi connectivity index (χ2v) is 5.54. The first kappa shape index (κ1) is 17.7. The minimum atomic E-state index is -3.03. The van der Waals surface area contributed by atoms with Gasteiger partial charge in [0.25, 0.3) is 0 Å². The van der Waals surface area contributed by atoms with Crippen LogP contribution in [-0.2, 0) is 4.65 Å². The van der Waals surface area contributed by atoms with E-state index in [9.17, 15) is 13.4 Å². The summed E-state index contributed by atoms with van der Waals surface area (Å²) in [4.78, 5) is 12.4. The molecule has 0 N–H and O–H groups in total. The molecule has 0 aliphatic heterocycles. The van der Waals surface area contributed by atoms with Crippen molar-refractivity contribution in [3.8, 4) is 5.75 Å². The van der Waals surface area contributed by atoms with Crippen molar-refractivity contribution in [2.45, 2.75) is 0 Å². The smallest absolute Gasteiger partial charge is 0.505 e. The Balaban J connectivity index is 1.97. The number of benzene rings is 3. The van der Waals surface area contributed by atoms with Crippen LogP contribution in [0, 0.1) is 0 Å². The topological polar surface area (TPSA) is 35.5 Å². The van der Waals surface area contributed by atoms with Crippen LogP contribution in [0.15, 0.2) is 72.8 Å². The third-order valence-corrected chi connectivity index (χ3v) is 3.89. The van der Waals surface area contributed by atoms with Crippen molar-refractivity contribution in [3.05, 3.63) is 83.9 Å². The Hall–Kier alpha value is -3.15. The monoisotopic (exact) mass is 352 g/mol. The zero-order valence-corrected chi connectivity index (χ0v) is 14.0. The van der Waals surface area contributed by atoms with Crippen molar-refractivity contribution in [2.24, 2.45) is 0 Å². The van der Waals surface area contributed by atoms with Gasteiger partial charge in [0.15, 0.2) is 5.78 Å². The van der Waals surface area contributed by atoms with Gasteiger partial charge in [-0.15, -0.1) is 0 Å². The van der Waals surface area contributed by atoms with E-state index in [-0.39, 0.29) is 5.76 Å². The number of ketones is 1. The van der Waals surface area contributed by atoms with Crippen LogP contribution in [0.25, 0.3) is 16.5 Å². The van der Waals surface area contributed by atoms with Gasteiger partial charge in [0.05, 0.1) is 7.11 Å². The first-order valence-corrected chi connectivity index (χ1v) is 7.91. The zero-order valence-electron chi connectivity index (χ0n) is 14.0. The Morgan fingerprint density at radius 3 is 2.23 bits per heavy atom. The number of carbonyl (C=O) groups is 1. The van der Waals surface area contributed by atoms with Gasteiger partial charge in [-0.2, -0.15) is 0 Å². The van der Waals surface area contributed by atoms with Crippen molar-refractivity contribution in [2.75, 3.05) is 7.11 Å². The van der Waals surface area contributed by atoms with Gasteiger partial charge in [0.2, 0.25) is 0 Å². The molecule has 0 aromatic heterocycles. The summed E-state index contributed by atoms with van der Waals surface area (Å²) in [6.07, 6.45) is 1.08. The minimum absolute atomic E-state index is 0.174. The Morgan fingerprint density at radius 1 is 0.923 bits per heavy atom. The lowest BCUT2D eigenvalue weighted by atomic mass is 10.0. The first-order chi connectivity index (χ1) is 12.6. The molecule has 3 aromatic carbocycles. The van der Waals surface area contributed by atoms with Gasteiger partial charge in [-0.25, -0.2) is 8.63 Å². The van der Waals surface area contributed by atoms with E-state index in [2.05, 4.69) is 4.65 Å². The largest absolute Gasteiger partial charge is 0.796 e. The van der Waals surface area contributed by atoms with Crippen LogP contribution in [0.4, 0.5) is 8.63 Å². The van der Waals surface area contributed by atoms with E-state index in [1.54, 1.807) is 42.5 Å². The number of methoxy groups -OCH3 is 1. The molecule has 0 spiro atoms. The third kappa shape index (κ3) is 4.09. The quantitative estimate of drug-likeness (QED) is 0.271. The summed E-state index contributed by atoms with van der Waals surface area (Å²) in [5.41, 5.74) is 0.757. The molecule has 0 atom stereocenters. The Morgan fingerprint density at radius 2 is 1.58 bits per heavy atom. The highest BCUT2D eigenvalue weighted by molar-refractivity contribution is 6.36. The maximum Gasteiger partial charge on any atom is 0.796 e. The molecular formula is C20H15BF2O3. The van der Waals surface area contributed by atoms with Crippen molar-refractivity contribution in [1.82, 2.24) is 0 Å².